The van der Waals surface area contributed by atoms with Crippen molar-refractivity contribution in [2.24, 2.45) is 10.8 Å². The average molecular weight is 473 g/mol. The van der Waals surface area contributed by atoms with E-state index in [0.717, 1.165) is 36.0 Å². The van der Waals surface area contributed by atoms with Crippen molar-refractivity contribution in [3.8, 4) is 0 Å². The maximum absolute atomic E-state index is 13.6. The summed E-state index contributed by atoms with van der Waals surface area (Å²) >= 11 is 0. The van der Waals surface area contributed by atoms with Gasteiger partial charge in [0.25, 0.3) is 0 Å². The fraction of sp³-hybridized carbons (Fsp3) is 0.265. The van der Waals surface area contributed by atoms with Crippen LogP contribution in [0, 0.1) is 10.8 Å². The van der Waals surface area contributed by atoms with Crippen LogP contribution < -0.4 is 0 Å². The summed E-state index contributed by atoms with van der Waals surface area (Å²) in [6.45, 7) is 2.77. The Hall–Kier alpha value is -3.49. The Balaban J connectivity index is 1.41. The highest BCUT2D eigenvalue weighted by molar-refractivity contribution is 5.90. The molecule has 0 saturated heterocycles. The Labute approximate surface area is 214 Å². The summed E-state index contributed by atoms with van der Waals surface area (Å²) in [5.74, 6) is 0.398. The first-order valence-corrected chi connectivity index (χ1v) is 13.0. The predicted octanol–water partition coefficient (Wildman–Crippen LogP) is 7.15. The highest BCUT2D eigenvalue weighted by Crippen LogP contribution is 2.67. The van der Waals surface area contributed by atoms with Gasteiger partial charge in [-0.3, -0.25) is 4.79 Å². The number of hydrogen-bond donors (Lipinski definition) is 0. The highest BCUT2D eigenvalue weighted by Gasteiger charge is 2.68. The monoisotopic (exact) mass is 472 g/mol. The number of hydrogen-bond acceptors (Lipinski definition) is 2. The number of carbonyl (C=O) groups is 1. The molecular formula is C34H32O2. The summed E-state index contributed by atoms with van der Waals surface area (Å²) < 4.78 is 7.17. The lowest BCUT2D eigenvalue weighted by Gasteiger charge is -2.37. The Bertz CT molecular complexity index is 1270. The highest BCUT2D eigenvalue weighted by atomic mass is 16.5. The normalized spacial score (nSPS) is 23.2. The van der Waals surface area contributed by atoms with Crippen LogP contribution >= 0.6 is 0 Å². The number of rotatable bonds is 6. The lowest BCUT2D eigenvalue weighted by molar-refractivity contribution is -0.126. The van der Waals surface area contributed by atoms with Crippen LogP contribution in [0.4, 0.5) is 0 Å². The van der Waals surface area contributed by atoms with E-state index < -0.39 is 5.60 Å². The Morgan fingerprint density at radius 2 is 1.14 bits per heavy atom. The van der Waals surface area contributed by atoms with Gasteiger partial charge in [-0.15, -0.1) is 0 Å². The molecule has 1 saturated carbocycles. The third-order valence-electron chi connectivity index (χ3n) is 8.64. The SMILES string of the molecule is C[C@@]1(COC(c2ccccc2)(c2ccccc2)c2ccccc2)C[C@]12Cc1ccccc1CCC2=O. The Morgan fingerprint density at radius 1 is 0.667 bits per heavy atom. The number of aryl methyl sites for hydroxylation is 1. The second-order valence-electron chi connectivity index (χ2n) is 10.8. The molecule has 0 amide bonds. The van der Waals surface area contributed by atoms with Gasteiger partial charge in [-0.05, 0) is 47.1 Å². The summed E-state index contributed by atoms with van der Waals surface area (Å²) in [5, 5.41) is 0. The molecule has 0 aromatic heterocycles. The van der Waals surface area contributed by atoms with Crippen molar-refractivity contribution in [2.45, 2.75) is 38.2 Å². The van der Waals surface area contributed by atoms with E-state index in [1.54, 1.807) is 0 Å². The third kappa shape index (κ3) is 3.63. The zero-order valence-electron chi connectivity index (χ0n) is 20.8. The van der Waals surface area contributed by atoms with Crippen LogP contribution in [0.5, 0.6) is 0 Å². The summed E-state index contributed by atoms with van der Waals surface area (Å²) in [4.78, 5) is 13.6. The number of ketones is 1. The van der Waals surface area contributed by atoms with Gasteiger partial charge in [0, 0.05) is 17.3 Å². The summed E-state index contributed by atoms with van der Waals surface area (Å²) in [7, 11) is 0. The first-order chi connectivity index (χ1) is 17.6. The molecule has 4 aromatic carbocycles. The van der Waals surface area contributed by atoms with Gasteiger partial charge in [0.2, 0.25) is 0 Å². The molecule has 180 valence electrons. The first kappa shape index (κ1) is 22.9. The van der Waals surface area contributed by atoms with E-state index in [1.807, 2.05) is 18.2 Å². The zero-order chi connectivity index (χ0) is 24.6. The van der Waals surface area contributed by atoms with Gasteiger partial charge in [0.15, 0.2) is 0 Å². The summed E-state index contributed by atoms with van der Waals surface area (Å²) in [6.07, 6.45) is 3.15. The minimum Gasteiger partial charge on any atom is -0.360 e. The van der Waals surface area contributed by atoms with Crippen molar-refractivity contribution < 1.29 is 9.53 Å². The molecule has 1 spiro atoms. The van der Waals surface area contributed by atoms with Crippen LogP contribution in [-0.4, -0.2) is 12.4 Å². The van der Waals surface area contributed by atoms with Gasteiger partial charge in [0.05, 0.1) is 6.61 Å². The molecule has 2 heteroatoms. The van der Waals surface area contributed by atoms with E-state index >= 15 is 0 Å². The van der Waals surface area contributed by atoms with E-state index in [9.17, 15) is 4.79 Å². The Kier molecular flexibility index (Phi) is 5.65. The molecule has 0 bridgehead atoms. The van der Waals surface area contributed by atoms with Gasteiger partial charge in [-0.1, -0.05) is 122 Å². The van der Waals surface area contributed by atoms with Gasteiger partial charge in [-0.2, -0.15) is 0 Å². The van der Waals surface area contributed by atoms with Crippen LogP contribution in [-0.2, 0) is 28.0 Å². The molecule has 0 radical (unpaired) electrons. The van der Waals surface area contributed by atoms with Crippen molar-refractivity contribution in [3.63, 3.8) is 0 Å². The van der Waals surface area contributed by atoms with E-state index in [2.05, 4.69) is 104 Å². The predicted molar refractivity (Wildman–Crippen MR) is 144 cm³/mol. The second-order valence-corrected chi connectivity index (χ2v) is 10.8. The number of carbonyl (C=O) groups excluding carboxylic acids is 1. The fourth-order valence-electron chi connectivity index (χ4n) is 6.44. The third-order valence-corrected chi connectivity index (χ3v) is 8.64. The van der Waals surface area contributed by atoms with Crippen LogP contribution in [0.3, 0.4) is 0 Å². The molecule has 1 fully saturated rings. The molecule has 0 unspecified atom stereocenters. The number of benzene rings is 4. The van der Waals surface area contributed by atoms with Crippen molar-refractivity contribution in [3.05, 3.63) is 143 Å². The fourth-order valence-corrected chi connectivity index (χ4v) is 6.44. The van der Waals surface area contributed by atoms with Gasteiger partial charge >= 0.3 is 0 Å². The van der Waals surface area contributed by atoms with Crippen molar-refractivity contribution in [2.75, 3.05) is 6.61 Å². The largest absolute Gasteiger partial charge is 0.360 e. The maximum atomic E-state index is 13.6. The van der Waals surface area contributed by atoms with E-state index in [0.29, 0.717) is 18.8 Å². The van der Waals surface area contributed by atoms with Crippen LogP contribution in [0.25, 0.3) is 0 Å². The molecule has 4 aromatic rings. The summed E-state index contributed by atoms with van der Waals surface area (Å²) in [5.41, 5.74) is 4.63. The van der Waals surface area contributed by atoms with Crippen LogP contribution in [0.15, 0.2) is 115 Å². The van der Waals surface area contributed by atoms with Gasteiger partial charge in [0.1, 0.15) is 11.4 Å². The molecule has 2 aliphatic rings. The minimum atomic E-state index is -0.762. The quantitative estimate of drug-likeness (QED) is 0.279. The van der Waals surface area contributed by atoms with E-state index in [4.69, 9.17) is 4.74 Å². The lowest BCUT2D eigenvalue weighted by atomic mass is 9.79. The first-order valence-electron chi connectivity index (χ1n) is 13.0. The maximum Gasteiger partial charge on any atom is 0.143 e. The van der Waals surface area contributed by atoms with Crippen LogP contribution in [0.2, 0.25) is 0 Å². The number of fused-ring (bicyclic) bond motifs is 1. The molecule has 0 N–H and O–H groups in total. The van der Waals surface area contributed by atoms with E-state index in [1.165, 1.54) is 11.1 Å². The van der Waals surface area contributed by atoms with Crippen molar-refractivity contribution in [1.29, 1.82) is 0 Å². The standard InChI is InChI=1S/C34H32O2/c1-32(24-33(32)23-27-14-12-11-13-26(27)21-22-31(33)35)25-36-34(28-15-5-2-6-16-28,29-17-7-3-8-18-29)30-19-9-4-10-20-30/h2-20H,21-25H2,1H3/t32-,33-/m0/s1. The van der Waals surface area contributed by atoms with Crippen molar-refractivity contribution in [1.82, 2.24) is 0 Å². The van der Waals surface area contributed by atoms with E-state index in [-0.39, 0.29) is 10.8 Å². The lowest BCUT2D eigenvalue weighted by Crippen LogP contribution is -2.36. The summed E-state index contributed by atoms with van der Waals surface area (Å²) in [6, 6.07) is 40.1. The zero-order valence-corrected chi connectivity index (χ0v) is 20.8. The number of Topliss-reactive ketones (excluding diaryl/α,β-unsaturated/α-hetero) is 1. The topological polar surface area (TPSA) is 26.3 Å². The molecule has 0 heterocycles. The second kappa shape index (κ2) is 8.87. The molecule has 0 aliphatic heterocycles. The molecule has 36 heavy (non-hydrogen) atoms. The average Bonchev–Trinajstić information content (AvgIpc) is 3.57. The van der Waals surface area contributed by atoms with Crippen molar-refractivity contribution >= 4 is 5.78 Å². The molecule has 6 rings (SSSR count). The molecule has 2 aliphatic carbocycles. The van der Waals surface area contributed by atoms with Crippen LogP contribution in [0.1, 0.15) is 47.6 Å². The van der Waals surface area contributed by atoms with Gasteiger partial charge in [-0.25, -0.2) is 0 Å². The molecule has 2 atom stereocenters. The number of ether oxygens (including phenoxy) is 1. The molecule has 2 nitrogen and oxygen atoms in total. The van der Waals surface area contributed by atoms with Gasteiger partial charge < -0.3 is 4.74 Å². The molecular weight excluding hydrogens is 440 g/mol. The smallest absolute Gasteiger partial charge is 0.143 e. The Morgan fingerprint density at radius 3 is 1.67 bits per heavy atom. The minimum absolute atomic E-state index is 0.203.